The monoisotopic (exact) mass is 285 g/mol. The molecule has 0 fully saturated rings. The molecule has 0 radical (unpaired) electrons. The van der Waals surface area contributed by atoms with Crippen molar-refractivity contribution in [2.24, 2.45) is 0 Å². The summed E-state index contributed by atoms with van der Waals surface area (Å²) < 4.78 is 0. The van der Waals surface area contributed by atoms with Gasteiger partial charge in [0.15, 0.2) is 0 Å². The van der Waals surface area contributed by atoms with E-state index in [4.69, 9.17) is 4.98 Å². The molecule has 0 spiro atoms. The Morgan fingerprint density at radius 1 is 0.682 bits per heavy atom. The predicted molar refractivity (Wildman–Crippen MR) is 91.8 cm³/mol. The lowest BCUT2D eigenvalue weighted by Gasteiger charge is -2.19. The molecule has 108 valence electrons. The Labute approximate surface area is 131 Å². The number of nitrogens with zero attached hydrogens (tertiary/aromatic N) is 1. The SMILES string of the molecule is c1ccc(-c2cc3c(nc2-c2ccccc2)CCCC3)cc1. The number of hydrogen-bond donors (Lipinski definition) is 0. The minimum atomic E-state index is 1.12. The highest BCUT2D eigenvalue weighted by Gasteiger charge is 2.16. The van der Waals surface area contributed by atoms with Gasteiger partial charge in [0, 0.05) is 16.8 Å². The van der Waals surface area contributed by atoms with Crippen molar-refractivity contribution in [1.82, 2.24) is 4.98 Å². The number of aryl methyl sites for hydroxylation is 2. The predicted octanol–water partition coefficient (Wildman–Crippen LogP) is 5.29. The molecule has 1 aliphatic carbocycles. The van der Waals surface area contributed by atoms with Crippen LogP contribution in [-0.2, 0) is 12.8 Å². The molecule has 1 heterocycles. The second-order valence-corrected chi connectivity index (χ2v) is 5.93. The Morgan fingerprint density at radius 3 is 2.05 bits per heavy atom. The van der Waals surface area contributed by atoms with E-state index in [2.05, 4.69) is 66.7 Å². The molecule has 0 amide bonds. The molecular formula is C21H19N. The van der Waals surface area contributed by atoms with Gasteiger partial charge < -0.3 is 0 Å². The van der Waals surface area contributed by atoms with Crippen LogP contribution in [0.5, 0.6) is 0 Å². The highest BCUT2D eigenvalue weighted by Crippen LogP contribution is 2.34. The maximum absolute atomic E-state index is 5.06. The van der Waals surface area contributed by atoms with Gasteiger partial charge in [0.1, 0.15) is 0 Å². The van der Waals surface area contributed by atoms with Crippen LogP contribution in [-0.4, -0.2) is 4.98 Å². The van der Waals surface area contributed by atoms with Gasteiger partial charge in [-0.1, -0.05) is 60.7 Å². The average molecular weight is 285 g/mol. The first-order valence-corrected chi connectivity index (χ1v) is 8.05. The molecule has 1 heteroatoms. The Morgan fingerprint density at radius 2 is 1.32 bits per heavy atom. The molecule has 0 N–H and O–H groups in total. The van der Waals surface area contributed by atoms with Crippen LogP contribution in [0, 0.1) is 0 Å². The van der Waals surface area contributed by atoms with Crippen molar-refractivity contribution in [3.05, 3.63) is 78.0 Å². The van der Waals surface area contributed by atoms with Gasteiger partial charge in [-0.15, -0.1) is 0 Å². The lowest BCUT2D eigenvalue weighted by molar-refractivity contribution is 0.669. The molecule has 3 aromatic rings. The van der Waals surface area contributed by atoms with Crippen molar-refractivity contribution in [1.29, 1.82) is 0 Å². The van der Waals surface area contributed by atoms with Crippen LogP contribution in [0.1, 0.15) is 24.1 Å². The minimum Gasteiger partial charge on any atom is -0.252 e. The Bertz CT molecular complexity index is 707. The molecule has 1 nitrogen and oxygen atoms in total. The van der Waals surface area contributed by atoms with Crippen LogP contribution in [0.3, 0.4) is 0 Å². The van der Waals surface area contributed by atoms with E-state index in [0.29, 0.717) is 0 Å². The number of hydrogen-bond acceptors (Lipinski definition) is 1. The zero-order chi connectivity index (χ0) is 14.8. The Balaban J connectivity index is 1.95. The van der Waals surface area contributed by atoms with Gasteiger partial charge >= 0.3 is 0 Å². The summed E-state index contributed by atoms with van der Waals surface area (Å²) in [5.74, 6) is 0. The normalized spacial score (nSPS) is 13.6. The first-order valence-electron chi connectivity index (χ1n) is 8.05. The van der Waals surface area contributed by atoms with Crippen molar-refractivity contribution in [3.63, 3.8) is 0 Å². The van der Waals surface area contributed by atoms with Gasteiger partial charge in [-0.2, -0.15) is 0 Å². The summed E-state index contributed by atoms with van der Waals surface area (Å²) in [4.78, 5) is 5.06. The van der Waals surface area contributed by atoms with E-state index in [1.54, 1.807) is 0 Å². The van der Waals surface area contributed by atoms with E-state index in [1.165, 1.54) is 40.8 Å². The lowest BCUT2D eigenvalue weighted by atomic mass is 9.90. The summed E-state index contributed by atoms with van der Waals surface area (Å²) in [5, 5.41) is 0. The largest absolute Gasteiger partial charge is 0.252 e. The molecule has 0 saturated carbocycles. The highest BCUT2D eigenvalue weighted by atomic mass is 14.7. The molecule has 0 bridgehead atoms. The zero-order valence-electron chi connectivity index (χ0n) is 12.6. The Kier molecular flexibility index (Phi) is 3.48. The third-order valence-corrected chi connectivity index (χ3v) is 4.43. The molecule has 0 aliphatic heterocycles. The number of aromatic nitrogens is 1. The third kappa shape index (κ3) is 2.43. The van der Waals surface area contributed by atoms with E-state index >= 15 is 0 Å². The summed E-state index contributed by atoms with van der Waals surface area (Å²) in [5.41, 5.74) is 7.56. The fraction of sp³-hybridized carbons (Fsp3) is 0.190. The van der Waals surface area contributed by atoms with Gasteiger partial charge in [-0.05, 0) is 42.9 Å². The summed E-state index contributed by atoms with van der Waals surface area (Å²) in [6.45, 7) is 0. The van der Waals surface area contributed by atoms with Gasteiger partial charge in [-0.3, -0.25) is 4.98 Å². The average Bonchev–Trinajstić information content (AvgIpc) is 2.62. The summed E-state index contributed by atoms with van der Waals surface area (Å²) >= 11 is 0. The van der Waals surface area contributed by atoms with Crippen molar-refractivity contribution in [2.75, 3.05) is 0 Å². The smallest absolute Gasteiger partial charge is 0.0783 e. The summed E-state index contributed by atoms with van der Waals surface area (Å²) in [6, 6.07) is 23.6. The van der Waals surface area contributed by atoms with Gasteiger partial charge in [0.25, 0.3) is 0 Å². The molecule has 4 rings (SSSR count). The fourth-order valence-corrected chi connectivity index (χ4v) is 3.29. The van der Waals surface area contributed by atoms with Crippen LogP contribution < -0.4 is 0 Å². The number of rotatable bonds is 2. The quantitative estimate of drug-likeness (QED) is 0.623. The fourth-order valence-electron chi connectivity index (χ4n) is 3.29. The summed E-state index contributed by atoms with van der Waals surface area (Å²) in [6.07, 6.45) is 4.83. The molecule has 1 aromatic heterocycles. The number of benzene rings is 2. The van der Waals surface area contributed by atoms with Crippen LogP contribution in [0.2, 0.25) is 0 Å². The number of fused-ring (bicyclic) bond motifs is 1. The molecule has 0 saturated heterocycles. The van der Waals surface area contributed by atoms with Crippen LogP contribution in [0.4, 0.5) is 0 Å². The van der Waals surface area contributed by atoms with Crippen molar-refractivity contribution in [3.8, 4) is 22.4 Å². The molecule has 0 atom stereocenters. The highest BCUT2D eigenvalue weighted by molar-refractivity contribution is 5.81. The minimum absolute atomic E-state index is 1.12. The maximum atomic E-state index is 5.06. The second-order valence-electron chi connectivity index (χ2n) is 5.93. The van der Waals surface area contributed by atoms with Crippen LogP contribution in [0.25, 0.3) is 22.4 Å². The van der Waals surface area contributed by atoms with Gasteiger partial charge in [0.05, 0.1) is 5.69 Å². The van der Waals surface area contributed by atoms with Crippen LogP contribution >= 0.6 is 0 Å². The van der Waals surface area contributed by atoms with E-state index < -0.39 is 0 Å². The van der Waals surface area contributed by atoms with Gasteiger partial charge in [0.2, 0.25) is 0 Å². The van der Waals surface area contributed by atoms with Crippen LogP contribution in [0.15, 0.2) is 66.7 Å². The van der Waals surface area contributed by atoms with E-state index in [0.717, 1.165) is 18.5 Å². The van der Waals surface area contributed by atoms with Gasteiger partial charge in [-0.25, -0.2) is 0 Å². The maximum Gasteiger partial charge on any atom is 0.0783 e. The molecule has 2 aromatic carbocycles. The molecule has 1 aliphatic rings. The second kappa shape index (κ2) is 5.76. The van der Waals surface area contributed by atoms with Crippen molar-refractivity contribution >= 4 is 0 Å². The van der Waals surface area contributed by atoms with E-state index in [-0.39, 0.29) is 0 Å². The summed E-state index contributed by atoms with van der Waals surface area (Å²) in [7, 11) is 0. The zero-order valence-corrected chi connectivity index (χ0v) is 12.6. The lowest BCUT2D eigenvalue weighted by Crippen LogP contribution is -2.07. The van der Waals surface area contributed by atoms with E-state index in [1.807, 2.05) is 0 Å². The molecular weight excluding hydrogens is 266 g/mol. The molecule has 0 unspecified atom stereocenters. The van der Waals surface area contributed by atoms with Crippen molar-refractivity contribution in [2.45, 2.75) is 25.7 Å². The van der Waals surface area contributed by atoms with E-state index in [9.17, 15) is 0 Å². The van der Waals surface area contributed by atoms with Crippen molar-refractivity contribution < 1.29 is 0 Å². The first kappa shape index (κ1) is 13.3. The molecule has 22 heavy (non-hydrogen) atoms. The third-order valence-electron chi connectivity index (χ3n) is 4.43. The Hall–Kier alpha value is -2.41. The standard InChI is InChI=1S/C21H19N/c1-3-9-16(10-4-1)19-15-18-13-7-8-14-20(18)22-21(19)17-11-5-2-6-12-17/h1-6,9-12,15H,7-8,13-14H2. The topological polar surface area (TPSA) is 12.9 Å². The first-order chi connectivity index (χ1) is 10.9. The number of pyridine rings is 1.